The van der Waals surface area contributed by atoms with Gasteiger partial charge in [0, 0.05) is 29.3 Å². The van der Waals surface area contributed by atoms with E-state index in [0.29, 0.717) is 5.75 Å². The smallest absolute Gasteiger partial charge is 0.143 e. The number of hydrogen-bond acceptors (Lipinski definition) is 5. The van der Waals surface area contributed by atoms with Crippen molar-refractivity contribution in [1.82, 2.24) is 24.5 Å². The Morgan fingerprint density at radius 1 is 0.970 bits per heavy atom. The number of fused-ring (bicyclic) bond motifs is 1. The second-order valence-corrected chi connectivity index (χ2v) is 7.90. The van der Waals surface area contributed by atoms with Crippen molar-refractivity contribution < 1.29 is 9.13 Å². The van der Waals surface area contributed by atoms with E-state index in [0.717, 1.165) is 44.8 Å². The predicted molar refractivity (Wildman–Crippen MR) is 125 cm³/mol. The van der Waals surface area contributed by atoms with Crippen LogP contribution in [0, 0.1) is 12.7 Å². The van der Waals surface area contributed by atoms with Crippen LogP contribution in [-0.2, 0) is 0 Å². The third-order valence-electron chi connectivity index (χ3n) is 5.80. The van der Waals surface area contributed by atoms with Crippen LogP contribution >= 0.6 is 0 Å². The van der Waals surface area contributed by atoms with E-state index in [1.807, 2.05) is 48.9 Å². The molecule has 0 aliphatic carbocycles. The molecular formula is C26H22FN5O. The molecule has 3 aromatic heterocycles. The summed E-state index contributed by atoms with van der Waals surface area (Å²) in [6.45, 7) is 3.99. The normalized spacial score (nSPS) is 12.1. The Morgan fingerprint density at radius 3 is 2.52 bits per heavy atom. The van der Waals surface area contributed by atoms with Crippen LogP contribution in [0.3, 0.4) is 0 Å². The van der Waals surface area contributed by atoms with E-state index in [4.69, 9.17) is 4.74 Å². The SMILES string of the molecule is COc1cc(-c2ncnc3c(C(C)c4ccc(F)cc4)nccc23)ccc1-n1cnc(C)c1. The third-order valence-corrected chi connectivity index (χ3v) is 5.80. The molecule has 0 spiro atoms. The van der Waals surface area contributed by atoms with Crippen molar-refractivity contribution in [3.8, 4) is 22.7 Å². The average molecular weight is 439 g/mol. The van der Waals surface area contributed by atoms with Crippen LogP contribution in [0.1, 0.15) is 29.8 Å². The number of aryl methyl sites for hydroxylation is 1. The largest absolute Gasteiger partial charge is 0.495 e. The van der Waals surface area contributed by atoms with E-state index >= 15 is 0 Å². The van der Waals surface area contributed by atoms with Crippen molar-refractivity contribution in [2.75, 3.05) is 7.11 Å². The molecule has 0 amide bonds. The van der Waals surface area contributed by atoms with Gasteiger partial charge in [-0.1, -0.05) is 25.1 Å². The van der Waals surface area contributed by atoms with Crippen molar-refractivity contribution in [3.63, 3.8) is 0 Å². The number of imidazole rings is 1. The highest BCUT2D eigenvalue weighted by Crippen LogP contribution is 2.34. The summed E-state index contributed by atoms with van der Waals surface area (Å²) < 4.78 is 21.0. The lowest BCUT2D eigenvalue weighted by Crippen LogP contribution is -2.03. The van der Waals surface area contributed by atoms with E-state index in [1.54, 1.807) is 38.1 Å². The highest BCUT2D eigenvalue weighted by atomic mass is 19.1. The summed E-state index contributed by atoms with van der Waals surface area (Å²) >= 11 is 0. The Kier molecular flexibility index (Phi) is 5.30. The summed E-state index contributed by atoms with van der Waals surface area (Å²) in [4.78, 5) is 18.0. The lowest BCUT2D eigenvalue weighted by molar-refractivity contribution is 0.413. The molecule has 0 saturated carbocycles. The first-order chi connectivity index (χ1) is 16.0. The number of aromatic nitrogens is 5. The van der Waals surface area contributed by atoms with Crippen LogP contribution in [0.5, 0.6) is 5.75 Å². The molecule has 2 aromatic carbocycles. The first-order valence-electron chi connectivity index (χ1n) is 10.6. The maximum atomic E-state index is 13.4. The minimum atomic E-state index is -0.260. The minimum Gasteiger partial charge on any atom is -0.495 e. The maximum Gasteiger partial charge on any atom is 0.143 e. The standard InChI is InChI=1S/C26H22FN5O/c1-16-13-32(15-31-16)22-9-6-19(12-23(22)33-3)25-21-10-11-28-24(26(21)30-14-29-25)17(2)18-4-7-20(27)8-5-18/h4-15,17H,1-3H3. The fourth-order valence-corrected chi connectivity index (χ4v) is 4.06. The van der Waals surface area contributed by atoms with E-state index in [-0.39, 0.29) is 11.7 Å². The molecule has 0 bridgehead atoms. The van der Waals surface area contributed by atoms with E-state index in [1.165, 1.54) is 12.1 Å². The average Bonchev–Trinajstić information content (AvgIpc) is 3.29. The Balaban J connectivity index is 1.61. The molecule has 0 aliphatic rings. The van der Waals surface area contributed by atoms with Crippen LogP contribution in [0.15, 0.2) is 73.6 Å². The molecule has 0 N–H and O–H groups in total. The van der Waals surface area contributed by atoms with Gasteiger partial charge in [-0.3, -0.25) is 4.98 Å². The molecule has 0 aliphatic heterocycles. The monoisotopic (exact) mass is 439 g/mol. The van der Waals surface area contributed by atoms with Gasteiger partial charge in [0.15, 0.2) is 0 Å². The minimum absolute atomic E-state index is 0.0570. The topological polar surface area (TPSA) is 65.7 Å². The fraction of sp³-hybridized carbons (Fsp3) is 0.154. The van der Waals surface area contributed by atoms with Crippen molar-refractivity contribution in [2.45, 2.75) is 19.8 Å². The maximum absolute atomic E-state index is 13.4. The molecule has 0 saturated heterocycles. The van der Waals surface area contributed by atoms with Gasteiger partial charge in [0.05, 0.1) is 41.7 Å². The van der Waals surface area contributed by atoms with Crippen LogP contribution in [0.2, 0.25) is 0 Å². The van der Waals surface area contributed by atoms with Gasteiger partial charge in [0.1, 0.15) is 17.9 Å². The molecule has 6 nitrogen and oxygen atoms in total. The number of rotatable bonds is 5. The quantitative estimate of drug-likeness (QED) is 0.363. The van der Waals surface area contributed by atoms with Gasteiger partial charge in [0.2, 0.25) is 0 Å². The molecule has 5 rings (SSSR count). The van der Waals surface area contributed by atoms with Crippen molar-refractivity contribution in [3.05, 3.63) is 96.3 Å². The van der Waals surface area contributed by atoms with Gasteiger partial charge in [-0.15, -0.1) is 0 Å². The van der Waals surface area contributed by atoms with Crippen LogP contribution in [-0.4, -0.2) is 31.6 Å². The molecule has 0 radical (unpaired) electrons. The number of benzene rings is 2. The lowest BCUT2D eigenvalue weighted by atomic mass is 9.95. The zero-order valence-electron chi connectivity index (χ0n) is 18.5. The summed E-state index contributed by atoms with van der Waals surface area (Å²) in [5.74, 6) is 0.397. The fourth-order valence-electron chi connectivity index (χ4n) is 4.06. The summed E-state index contributed by atoms with van der Waals surface area (Å²) in [5.41, 5.74) is 6.09. The van der Waals surface area contributed by atoms with Crippen molar-refractivity contribution in [1.29, 1.82) is 0 Å². The van der Waals surface area contributed by atoms with E-state index < -0.39 is 0 Å². The molecule has 1 atom stereocenters. The predicted octanol–water partition coefficient (Wildman–Crippen LogP) is 5.49. The molecule has 5 aromatic rings. The van der Waals surface area contributed by atoms with Crippen LogP contribution in [0.25, 0.3) is 27.8 Å². The zero-order valence-corrected chi connectivity index (χ0v) is 18.5. The van der Waals surface area contributed by atoms with Gasteiger partial charge in [-0.25, -0.2) is 19.3 Å². The second-order valence-electron chi connectivity index (χ2n) is 7.90. The number of ether oxygens (including phenoxy) is 1. The summed E-state index contributed by atoms with van der Waals surface area (Å²) in [6, 6.07) is 14.4. The Morgan fingerprint density at radius 2 is 1.79 bits per heavy atom. The van der Waals surface area contributed by atoms with E-state index in [9.17, 15) is 4.39 Å². The van der Waals surface area contributed by atoms with Gasteiger partial charge in [-0.05, 0) is 42.8 Å². The zero-order chi connectivity index (χ0) is 22.9. The number of hydrogen-bond donors (Lipinski definition) is 0. The number of nitrogens with zero attached hydrogens (tertiary/aromatic N) is 5. The first kappa shape index (κ1) is 20.8. The molecule has 164 valence electrons. The van der Waals surface area contributed by atoms with Gasteiger partial charge >= 0.3 is 0 Å². The second kappa shape index (κ2) is 8.43. The lowest BCUT2D eigenvalue weighted by Gasteiger charge is -2.15. The van der Waals surface area contributed by atoms with E-state index in [2.05, 4.69) is 19.9 Å². The van der Waals surface area contributed by atoms with Crippen molar-refractivity contribution in [2.24, 2.45) is 0 Å². The molecular weight excluding hydrogens is 417 g/mol. The van der Waals surface area contributed by atoms with Gasteiger partial charge in [-0.2, -0.15) is 0 Å². The summed E-state index contributed by atoms with van der Waals surface area (Å²) in [6.07, 6.45) is 7.04. The molecule has 7 heteroatoms. The Bertz CT molecular complexity index is 1450. The third kappa shape index (κ3) is 3.82. The van der Waals surface area contributed by atoms with Crippen LogP contribution in [0.4, 0.5) is 4.39 Å². The van der Waals surface area contributed by atoms with Crippen LogP contribution < -0.4 is 4.74 Å². The number of methoxy groups -OCH3 is 1. The van der Waals surface area contributed by atoms with Gasteiger partial charge in [0.25, 0.3) is 0 Å². The van der Waals surface area contributed by atoms with Gasteiger partial charge < -0.3 is 9.30 Å². The molecule has 33 heavy (non-hydrogen) atoms. The Labute approximate surface area is 190 Å². The highest BCUT2D eigenvalue weighted by Gasteiger charge is 2.18. The number of halogens is 1. The summed E-state index contributed by atoms with van der Waals surface area (Å²) in [5, 5.41) is 0.893. The Hall–Kier alpha value is -4.13. The molecule has 1 unspecified atom stereocenters. The first-order valence-corrected chi connectivity index (χ1v) is 10.6. The summed E-state index contributed by atoms with van der Waals surface area (Å²) in [7, 11) is 1.65. The number of pyridine rings is 1. The highest BCUT2D eigenvalue weighted by molar-refractivity contribution is 5.93. The van der Waals surface area contributed by atoms with Crippen molar-refractivity contribution >= 4 is 10.9 Å². The molecule has 0 fully saturated rings. The molecule has 3 heterocycles.